The number of rotatable bonds is 3. The zero-order chi connectivity index (χ0) is 15.6. The van der Waals surface area contributed by atoms with E-state index in [1.807, 2.05) is 54.6 Å². The van der Waals surface area contributed by atoms with Crippen LogP contribution in [0.4, 0.5) is 0 Å². The molecule has 3 aromatic rings. The van der Waals surface area contributed by atoms with Gasteiger partial charge in [0.15, 0.2) is 5.82 Å². The molecule has 22 heavy (non-hydrogen) atoms. The first kappa shape index (κ1) is 15.3. The van der Waals surface area contributed by atoms with Crippen molar-refractivity contribution in [2.45, 2.75) is 10.4 Å². The van der Waals surface area contributed by atoms with Crippen molar-refractivity contribution < 1.29 is 4.74 Å². The van der Waals surface area contributed by atoms with Gasteiger partial charge in [-0.1, -0.05) is 77.3 Å². The predicted octanol–water partition coefficient (Wildman–Crippen LogP) is 5.04. The minimum absolute atomic E-state index is 0.0965. The Bertz CT molecular complexity index is 788. The third kappa shape index (κ3) is 3.43. The Morgan fingerprint density at radius 2 is 1.55 bits per heavy atom. The number of ether oxygens (including phenoxy) is 1. The van der Waals surface area contributed by atoms with E-state index in [2.05, 4.69) is 9.97 Å². The summed E-state index contributed by atoms with van der Waals surface area (Å²) in [6.07, 6.45) is 0. The summed E-state index contributed by atoms with van der Waals surface area (Å²) in [6, 6.07) is 17.2. The number of halogens is 3. The fraction of sp³-hybridized carbons (Fsp3) is 0.125. The fourth-order valence-electron chi connectivity index (χ4n) is 2.01. The molecule has 2 aromatic carbocycles. The maximum Gasteiger partial charge on any atom is 0.250 e. The van der Waals surface area contributed by atoms with Crippen LogP contribution in [0.1, 0.15) is 11.4 Å². The van der Waals surface area contributed by atoms with Crippen molar-refractivity contribution in [2.24, 2.45) is 0 Å². The first-order valence-corrected chi connectivity index (χ1v) is 7.68. The minimum atomic E-state index is -1.70. The van der Waals surface area contributed by atoms with Crippen LogP contribution in [0.2, 0.25) is 0 Å². The Morgan fingerprint density at radius 3 is 2.27 bits per heavy atom. The van der Waals surface area contributed by atoms with Gasteiger partial charge in [0.05, 0.1) is 10.9 Å². The largest absolute Gasteiger partial charge is 0.472 e. The van der Waals surface area contributed by atoms with E-state index < -0.39 is 3.79 Å². The molecule has 0 aliphatic rings. The van der Waals surface area contributed by atoms with Crippen LogP contribution in [-0.2, 0) is 10.4 Å². The zero-order valence-corrected chi connectivity index (χ0v) is 13.6. The van der Waals surface area contributed by atoms with Crippen molar-refractivity contribution in [1.82, 2.24) is 9.97 Å². The standard InChI is InChI=1S/C16H11Cl3N2O/c17-16(18,19)15-20-13-9-5-4-8-12(13)14(21-15)22-10-11-6-2-1-3-7-11/h1-9H,10H2. The number of fused-ring (bicyclic) bond motifs is 1. The monoisotopic (exact) mass is 352 g/mol. The Balaban J connectivity index is 1.99. The molecule has 0 N–H and O–H groups in total. The summed E-state index contributed by atoms with van der Waals surface area (Å²) in [7, 11) is 0. The Morgan fingerprint density at radius 1 is 0.864 bits per heavy atom. The van der Waals surface area contributed by atoms with Crippen LogP contribution in [0, 0.1) is 0 Å². The molecule has 0 aliphatic carbocycles. The van der Waals surface area contributed by atoms with Gasteiger partial charge in [0.2, 0.25) is 9.67 Å². The smallest absolute Gasteiger partial charge is 0.250 e. The highest BCUT2D eigenvalue weighted by Crippen LogP contribution is 2.38. The molecule has 0 saturated heterocycles. The molecule has 0 aliphatic heterocycles. The summed E-state index contributed by atoms with van der Waals surface area (Å²) in [5, 5.41) is 0.774. The minimum Gasteiger partial charge on any atom is -0.472 e. The molecule has 112 valence electrons. The van der Waals surface area contributed by atoms with Crippen LogP contribution >= 0.6 is 34.8 Å². The second-order valence-electron chi connectivity index (χ2n) is 4.64. The average molecular weight is 354 g/mol. The van der Waals surface area contributed by atoms with Crippen LogP contribution in [0.5, 0.6) is 5.88 Å². The van der Waals surface area contributed by atoms with E-state index in [4.69, 9.17) is 39.5 Å². The van der Waals surface area contributed by atoms with Gasteiger partial charge in [0.25, 0.3) is 0 Å². The molecular weight excluding hydrogens is 343 g/mol. The molecule has 3 rings (SSSR count). The molecule has 6 heteroatoms. The highest BCUT2D eigenvalue weighted by molar-refractivity contribution is 6.66. The van der Waals surface area contributed by atoms with Crippen molar-refractivity contribution >= 4 is 45.7 Å². The van der Waals surface area contributed by atoms with Crippen LogP contribution in [0.15, 0.2) is 54.6 Å². The van der Waals surface area contributed by atoms with E-state index in [1.54, 1.807) is 0 Å². The van der Waals surface area contributed by atoms with Crippen molar-refractivity contribution in [2.75, 3.05) is 0 Å². The topological polar surface area (TPSA) is 35.0 Å². The Hall–Kier alpha value is -1.55. The lowest BCUT2D eigenvalue weighted by Gasteiger charge is -2.13. The van der Waals surface area contributed by atoms with E-state index in [0.29, 0.717) is 18.0 Å². The van der Waals surface area contributed by atoms with Crippen molar-refractivity contribution in [3.63, 3.8) is 0 Å². The van der Waals surface area contributed by atoms with Gasteiger partial charge in [0, 0.05) is 0 Å². The molecule has 0 atom stereocenters. The number of aromatic nitrogens is 2. The van der Waals surface area contributed by atoms with E-state index in [-0.39, 0.29) is 5.82 Å². The molecule has 0 radical (unpaired) electrons. The Kier molecular flexibility index (Phi) is 4.39. The zero-order valence-electron chi connectivity index (χ0n) is 11.3. The molecule has 0 unspecified atom stereocenters. The molecule has 3 nitrogen and oxygen atoms in total. The van der Waals surface area contributed by atoms with Gasteiger partial charge in [-0.3, -0.25) is 0 Å². The summed E-state index contributed by atoms with van der Waals surface area (Å²) >= 11 is 17.7. The van der Waals surface area contributed by atoms with Gasteiger partial charge in [0.1, 0.15) is 6.61 Å². The van der Waals surface area contributed by atoms with Crippen LogP contribution in [0.25, 0.3) is 10.9 Å². The summed E-state index contributed by atoms with van der Waals surface area (Å²) < 4.78 is 4.11. The Labute approximate surface area is 142 Å². The summed E-state index contributed by atoms with van der Waals surface area (Å²) in [5.74, 6) is 0.495. The third-order valence-corrected chi connectivity index (χ3v) is 3.55. The first-order chi connectivity index (χ1) is 10.5. The normalized spacial score (nSPS) is 11.6. The molecule has 0 fully saturated rings. The molecule has 0 spiro atoms. The van der Waals surface area contributed by atoms with E-state index in [9.17, 15) is 0 Å². The summed E-state index contributed by atoms with van der Waals surface area (Å²) in [4.78, 5) is 8.53. The second-order valence-corrected chi connectivity index (χ2v) is 6.92. The SMILES string of the molecule is ClC(Cl)(Cl)c1nc(OCc2ccccc2)c2ccccc2n1. The molecule has 1 aromatic heterocycles. The highest BCUT2D eigenvalue weighted by atomic mass is 35.6. The number of alkyl halides is 3. The van der Waals surface area contributed by atoms with Gasteiger partial charge < -0.3 is 4.74 Å². The van der Waals surface area contributed by atoms with Crippen molar-refractivity contribution in [3.05, 3.63) is 66.0 Å². The van der Waals surface area contributed by atoms with Gasteiger partial charge in [-0.05, 0) is 17.7 Å². The predicted molar refractivity (Wildman–Crippen MR) is 89.5 cm³/mol. The van der Waals surface area contributed by atoms with Crippen LogP contribution < -0.4 is 4.74 Å². The summed E-state index contributed by atoms with van der Waals surface area (Å²) in [5.41, 5.74) is 1.70. The number of benzene rings is 2. The lowest BCUT2D eigenvalue weighted by atomic mass is 10.2. The second kappa shape index (κ2) is 6.29. The van der Waals surface area contributed by atoms with Gasteiger partial charge in [-0.15, -0.1) is 0 Å². The number of hydrogen-bond acceptors (Lipinski definition) is 3. The van der Waals surface area contributed by atoms with Gasteiger partial charge in [-0.25, -0.2) is 4.98 Å². The number of hydrogen-bond donors (Lipinski definition) is 0. The number of nitrogens with zero attached hydrogens (tertiary/aromatic N) is 2. The highest BCUT2D eigenvalue weighted by Gasteiger charge is 2.28. The van der Waals surface area contributed by atoms with E-state index in [0.717, 1.165) is 10.9 Å². The van der Waals surface area contributed by atoms with Crippen LogP contribution in [0.3, 0.4) is 0 Å². The molecule has 0 bridgehead atoms. The maximum absolute atomic E-state index is 5.90. The fourth-order valence-corrected chi connectivity index (χ4v) is 2.26. The van der Waals surface area contributed by atoms with Gasteiger partial charge >= 0.3 is 0 Å². The molecular formula is C16H11Cl3N2O. The van der Waals surface area contributed by atoms with Gasteiger partial charge in [-0.2, -0.15) is 4.98 Å². The molecule has 1 heterocycles. The molecule has 0 amide bonds. The van der Waals surface area contributed by atoms with Crippen molar-refractivity contribution in [3.8, 4) is 5.88 Å². The number of para-hydroxylation sites is 1. The van der Waals surface area contributed by atoms with Crippen LogP contribution in [-0.4, -0.2) is 9.97 Å². The first-order valence-electron chi connectivity index (χ1n) is 6.55. The average Bonchev–Trinajstić information content (AvgIpc) is 2.52. The molecule has 0 saturated carbocycles. The van der Waals surface area contributed by atoms with E-state index >= 15 is 0 Å². The maximum atomic E-state index is 5.90. The quantitative estimate of drug-likeness (QED) is 0.619. The van der Waals surface area contributed by atoms with Crippen molar-refractivity contribution in [1.29, 1.82) is 0 Å². The summed E-state index contributed by atoms with van der Waals surface area (Å²) in [6.45, 7) is 0.376. The lowest BCUT2D eigenvalue weighted by molar-refractivity contribution is 0.296. The lowest BCUT2D eigenvalue weighted by Crippen LogP contribution is -2.09. The third-order valence-electron chi connectivity index (χ3n) is 3.04. The van der Waals surface area contributed by atoms with E-state index in [1.165, 1.54) is 0 Å².